The molecule has 0 aliphatic heterocycles. The molecular formula is C13H20N4O3. The van der Waals surface area contributed by atoms with Crippen molar-refractivity contribution in [2.75, 3.05) is 33.0 Å². The molecule has 0 spiro atoms. The number of amides is 1. The maximum Gasteiger partial charge on any atom is 0.305 e. The maximum atomic E-state index is 12.1. The van der Waals surface area contributed by atoms with Crippen LogP contribution in [0.25, 0.3) is 0 Å². The molecule has 0 heterocycles. The average molecular weight is 280 g/mol. The molecule has 0 aromatic heterocycles. The highest BCUT2D eigenvalue weighted by molar-refractivity contribution is 6.00. The Morgan fingerprint density at radius 1 is 1.45 bits per heavy atom. The van der Waals surface area contributed by atoms with E-state index in [-0.39, 0.29) is 17.3 Å². The fourth-order valence-electron chi connectivity index (χ4n) is 1.64. The number of carbonyl (C=O) groups excluding carboxylic acids is 1. The summed E-state index contributed by atoms with van der Waals surface area (Å²) < 4.78 is 0. The molecular weight excluding hydrogens is 260 g/mol. The van der Waals surface area contributed by atoms with E-state index in [1.165, 1.54) is 6.07 Å². The molecule has 1 rings (SSSR count). The first kappa shape index (κ1) is 15.9. The van der Waals surface area contributed by atoms with E-state index in [2.05, 4.69) is 10.6 Å². The molecule has 0 saturated heterocycles. The van der Waals surface area contributed by atoms with Crippen LogP contribution in [-0.4, -0.2) is 49.5 Å². The van der Waals surface area contributed by atoms with Crippen LogP contribution in [0.15, 0.2) is 18.2 Å². The van der Waals surface area contributed by atoms with Crippen LogP contribution in [0.4, 0.5) is 11.4 Å². The van der Waals surface area contributed by atoms with Gasteiger partial charge in [0.15, 0.2) is 0 Å². The zero-order chi connectivity index (χ0) is 15.3. The number of hydrogen-bond donors (Lipinski definition) is 2. The molecule has 2 N–H and O–H groups in total. The second-order valence-electron chi connectivity index (χ2n) is 4.73. The summed E-state index contributed by atoms with van der Waals surface area (Å²) >= 11 is 0. The number of rotatable bonds is 6. The van der Waals surface area contributed by atoms with Gasteiger partial charge in [-0.1, -0.05) is 6.07 Å². The Bertz CT molecular complexity index is 502. The van der Waals surface area contributed by atoms with Gasteiger partial charge < -0.3 is 15.5 Å². The molecule has 0 bridgehead atoms. The smallest absolute Gasteiger partial charge is 0.305 e. The van der Waals surface area contributed by atoms with Crippen molar-refractivity contribution in [1.29, 1.82) is 0 Å². The van der Waals surface area contributed by atoms with Gasteiger partial charge in [-0.05, 0) is 33.2 Å². The van der Waals surface area contributed by atoms with E-state index in [0.29, 0.717) is 12.2 Å². The highest BCUT2D eigenvalue weighted by Crippen LogP contribution is 2.28. The first-order chi connectivity index (χ1) is 9.38. The van der Waals surface area contributed by atoms with Crippen LogP contribution in [0.5, 0.6) is 0 Å². The quantitative estimate of drug-likeness (QED) is 0.606. The van der Waals surface area contributed by atoms with Crippen molar-refractivity contribution in [2.45, 2.75) is 13.0 Å². The molecule has 0 aliphatic carbocycles. The van der Waals surface area contributed by atoms with Gasteiger partial charge in [0.05, 0.1) is 4.92 Å². The minimum atomic E-state index is -0.546. The lowest BCUT2D eigenvalue weighted by atomic mass is 10.1. The van der Waals surface area contributed by atoms with Gasteiger partial charge in [0.2, 0.25) is 0 Å². The number of nitro benzene ring substituents is 1. The van der Waals surface area contributed by atoms with Gasteiger partial charge in [-0.3, -0.25) is 14.9 Å². The number of para-hydroxylation sites is 1. The van der Waals surface area contributed by atoms with Crippen molar-refractivity contribution < 1.29 is 9.72 Å². The molecule has 20 heavy (non-hydrogen) atoms. The van der Waals surface area contributed by atoms with Crippen LogP contribution in [0.2, 0.25) is 0 Å². The Morgan fingerprint density at radius 3 is 2.60 bits per heavy atom. The van der Waals surface area contributed by atoms with Crippen molar-refractivity contribution in [3.63, 3.8) is 0 Å². The van der Waals surface area contributed by atoms with Gasteiger partial charge in [0.1, 0.15) is 11.3 Å². The molecule has 0 fully saturated rings. The van der Waals surface area contributed by atoms with Crippen LogP contribution in [-0.2, 0) is 0 Å². The lowest BCUT2D eigenvalue weighted by Crippen LogP contribution is -2.38. The summed E-state index contributed by atoms with van der Waals surface area (Å²) in [6.45, 7) is 2.38. The van der Waals surface area contributed by atoms with Crippen molar-refractivity contribution in [3.8, 4) is 0 Å². The van der Waals surface area contributed by atoms with Crippen molar-refractivity contribution in [2.24, 2.45) is 0 Å². The van der Waals surface area contributed by atoms with Crippen molar-refractivity contribution in [1.82, 2.24) is 10.2 Å². The van der Waals surface area contributed by atoms with Crippen LogP contribution >= 0.6 is 0 Å². The third-order valence-corrected chi connectivity index (χ3v) is 3.17. The number of hydrogen-bond acceptors (Lipinski definition) is 5. The number of anilines is 1. The highest BCUT2D eigenvalue weighted by atomic mass is 16.6. The standard InChI is InChI=1S/C13H20N4O3/c1-9(16(3)4)8-15-13(18)10-6-5-7-11(14-2)12(10)17(19)20/h5-7,9,14H,8H2,1-4H3,(H,15,18). The number of benzene rings is 1. The van der Waals surface area contributed by atoms with Gasteiger partial charge in [-0.15, -0.1) is 0 Å². The second-order valence-corrected chi connectivity index (χ2v) is 4.73. The summed E-state index contributed by atoms with van der Waals surface area (Å²) in [6, 6.07) is 4.78. The first-order valence-electron chi connectivity index (χ1n) is 6.28. The second kappa shape index (κ2) is 6.85. The lowest BCUT2D eigenvalue weighted by molar-refractivity contribution is -0.384. The Balaban J connectivity index is 2.96. The van der Waals surface area contributed by atoms with E-state index in [1.54, 1.807) is 19.2 Å². The summed E-state index contributed by atoms with van der Waals surface area (Å²) in [5.74, 6) is -0.442. The fourth-order valence-corrected chi connectivity index (χ4v) is 1.64. The SMILES string of the molecule is CNc1cccc(C(=O)NCC(C)N(C)C)c1[N+](=O)[O-]. The first-order valence-corrected chi connectivity index (χ1v) is 6.28. The number of carbonyl (C=O) groups is 1. The molecule has 1 unspecified atom stereocenters. The largest absolute Gasteiger partial charge is 0.383 e. The lowest BCUT2D eigenvalue weighted by Gasteiger charge is -2.20. The van der Waals surface area contributed by atoms with E-state index in [1.807, 2.05) is 25.9 Å². The van der Waals surface area contributed by atoms with Gasteiger partial charge in [-0.25, -0.2) is 0 Å². The Kier molecular flexibility index (Phi) is 5.45. The molecule has 0 saturated carbocycles. The summed E-state index contributed by atoms with van der Waals surface area (Å²) in [7, 11) is 5.39. The number of likely N-dealkylation sites (N-methyl/N-ethyl adjacent to an activating group) is 1. The molecule has 1 aromatic carbocycles. The zero-order valence-electron chi connectivity index (χ0n) is 12.1. The average Bonchev–Trinajstić information content (AvgIpc) is 2.42. The molecule has 110 valence electrons. The molecule has 1 atom stereocenters. The minimum absolute atomic E-state index is 0.0628. The van der Waals surface area contributed by atoms with Gasteiger partial charge >= 0.3 is 5.69 Å². The van der Waals surface area contributed by atoms with E-state index >= 15 is 0 Å². The van der Waals surface area contributed by atoms with Crippen LogP contribution in [0.1, 0.15) is 17.3 Å². The maximum absolute atomic E-state index is 12.1. The Labute approximate surface area is 118 Å². The third kappa shape index (κ3) is 3.67. The summed E-state index contributed by atoms with van der Waals surface area (Å²) in [5, 5.41) is 16.6. The van der Waals surface area contributed by atoms with E-state index in [4.69, 9.17) is 0 Å². The molecule has 7 nitrogen and oxygen atoms in total. The number of nitro groups is 1. The normalized spacial score (nSPS) is 12.1. The van der Waals surface area contributed by atoms with Crippen LogP contribution in [0.3, 0.4) is 0 Å². The van der Waals surface area contributed by atoms with Crippen LogP contribution in [0, 0.1) is 10.1 Å². The van der Waals surface area contributed by atoms with Gasteiger partial charge in [0, 0.05) is 19.6 Å². The van der Waals surface area contributed by atoms with E-state index < -0.39 is 10.8 Å². The van der Waals surface area contributed by atoms with Gasteiger partial charge in [-0.2, -0.15) is 0 Å². The monoisotopic (exact) mass is 280 g/mol. The molecule has 1 amide bonds. The van der Waals surface area contributed by atoms with Crippen molar-refractivity contribution in [3.05, 3.63) is 33.9 Å². The van der Waals surface area contributed by atoms with E-state index in [0.717, 1.165) is 0 Å². The highest BCUT2D eigenvalue weighted by Gasteiger charge is 2.24. The summed E-state index contributed by atoms with van der Waals surface area (Å²) in [6.07, 6.45) is 0. The summed E-state index contributed by atoms with van der Waals surface area (Å²) in [4.78, 5) is 24.6. The van der Waals surface area contributed by atoms with Crippen LogP contribution < -0.4 is 10.6 Å². The Morgan fingerprint density at radius 2 is 2.10 bits per heavy atom. The van der Waals surface area contributed by atoms with Gasteiger partial charge in [0.25, 0.3) is 5.91 Å². The zero-order valence-corrected chi connectivity index (χ0v) is 12.1. The van der Waals surface area contributed by atoms with E-state index in [9.17, 15) is 14.9 Å². The topological polar surface area (TPSA) is 87.5 Å². The third-order valence-electron chi connectivity index (χ3n) is 3.17. The summed E-state index contributed by atoms with van der Waals surface area (Å²) in [5.41, 5.74) is 0.182. The minimum Gasteiger partial charge on any atom is -0.383 e. The number of nitrogens with one attached hydrogen (secondary N) is 2. The van der Waals surface area contributed by atoms with Crippen molar-refractivity contribution >= 4 is 17.3 Å². The molecule has 0 radical (unpaired) electrons. The molecule has 1 aromatic rings. The predicted octanol–water partition coefficient (Wildman–Crippen LogP) is 1.32. The fraction of sp³-hybridized carbons (Fsp3) is 0.462. The predicted molar refractivity (Wildman–Crippen MR) is 78.1 cm³/mol. The molecule has 7 heteroatoms. The Hall–Kier alpha value is -2.15. The number of nitrogens with zero attached hydrogens (tertiary/aromatic N) is 2. The molecule has 0 aliphatic rings.